The number of hydrogen-bond donors (Lipinski definition) is 0. The molecule has 1 saturated heterocycles. The third-order valence-electron chi connectivity index (χ3n) is 5.42. The fourth-order valence-electron chi connectivity index (χ4n) is 4.25. The summed E-state index contributed by atoms with van der Waals surface area (Å²) in [6.45, 7) is 9.84. The maximum Gasteiger partial charge on any atom is 0.163 e. The van der Waals surface area contributed by atoms with Crippen LogP contribution in [0.25, 0.3) is 0 Å². The quantitative estimate of drug-likeness (QED) is 0.554. The van der Waals surface area contributed by atoms with Crippen LogP contribution in [0.1, 0.15) is 67.6 Å². The Morgan fingerprint density at radius 3 is 2.83 bits per heavy atom. The summed E-state index contributed by atoms with van der Waals surface area (Å²) in [6.07, 6.45) is 10.1. The SMILES string of the molecule is C=CCCC1(CCC)CN(c2nc3c(cc2C(C)=O)CCC3)C1. The highest BCUT2D eigenvalue weighted by Crippen LogP contribution is 2.43. The van der Waals surface area contributed by atoms with E-state index in [1.807, 2.05) is 6.08 Å². The van der Waals surface area contributed by atoms with Crippen molar-refractivity contribution in [2.75, 3.05) is 18.0 Å². The second kappa shape index (κ2) is 6.46. The van der Waals surface area contributed by atoms with Crippen molar-refractivity contribution in [2.45, 2.75) is 58.8 Å². The number of aryl methyl sites for hydroxylation is 2. The van der Waals surface area contributed by atoms with Crippen LogP contribution in [0.15, 0.2) is 18.7 Å². The summed E-state index contributed by atoms with van der Waals surface area (Å²) in [5.41, 5.74) is 3.70. The summed E-state index contributed by atoms with van der Waals surface area (Å²) >= 11 is 0. The van der Waals surface area contributed by atoms with Gasteiger partial charge < -0.3 is 4.90 Å². The second-order valence-corrected chi connectivity index (χ2v) is 7.31. The molecule has 0 amide bonds. The Hall–Kier alpha value is -1.64. The molecule has 1 aliphatic heterocycles. The number of rotatable bonds is 7. The minimum atomic E-state index is 0.140. The lowest BCUT2D eigenvalue weighted by molar-refractivity contribution is 0.101. The molecule has 0 saturated carbocycles. The molecule has 1 fully saturated rings. The Balaban J connectivity index is 1.83. The van der Waals surface area contributed by atoms with Crippen LogP contribution in [-0.4, -0.2) is 23.9 Å². The summed E-state index contributed by atoms with van der Waals surface area (Å²) < 4.78 is 0. The molecule has 1 aromatic rings. The van der Waals surface area contributed by atoms with Gasteiger partial charge in [0.1, 0.15) is 5.82 Å². The van der Waals surface area contributed by atoms with Crippen LogP contribution < -0.4 is 4.90 Å². The molecule has 0 spiro atoms. The minimum absolute atomic E-state index is 0.140. The Labute approximate surface area is 139 Å². The highest BCUT2D eigenvalue weighted by molar-refractivity contribution is 5.99. The van der Waals surface area contributed by atoms with Crippen LogP contribution >= 0.6 is 0 Å². The average molecular weight is 312 g/mol. The molecule has 2 aliphatic rings. The Kier molecular flexibility index (Phi) is 4.56. The van der Waals surface area contributed by atoms with Gasteiger partial charge >= 0.3 is 0 Å². The van der Waals surface area contributed by atoms with E-state index in [0.29, 0.717) is 5.41 Å². The number of ketones is 1. The average Bonchev–Trinajstić information content (AvgIpc) is 2.95. The molecule has 0 N–H and O–H groups in total. The topological polar surface area (TPSA) is 33.2 Å². The lowest BCUT2D eigenvalue weighted by atomic mass is 9.72. The smallest absolute Gasteiger partial charge is 0.163 e. The molecule has 3 heteroatoms. The summed E-state index contributed by atoms with van der Waals surface area (Å²) in [7, 11) is 0. The van der Waals surface area contributed by atoms with Crippen molar-refractivity contribution in [1.82, 2.24) is 4.98 Å². The molecule has 0 aromatic carbocycles. The number of fused-ring (bicyclic) bond motifs is 1. The fourth-order valence-corrected chi connectivity index (χ4v) is 4.25. The zero-order chi connectivity index (χ0) is 16.4. The van der Waals surface area contributed by atoms with Gasteiger partial charge in [-0.05, 0) is 57.1 Å². The van der Waals surface area contributed by atoms with Crippen molar-refractivity contribution in [3.63, 3.8) is 0 Å². The van der Waals surface area contributed by atoms with Crippen molar-refractivity contribution in [2.24, 2.45) is 5.41 Å². The third-order valence-corrected chi connectivity index (χ3v) is 5.42. The molecule has 124 valence electrons. The molecule has 2 heterocycles. The third kappa shape index (κ3) is 3.06. The van der Waals surface area contributed by atoms with Crippen molar-refractivity contribution in [3.8, 4) is 0 Å². The Bertz CT molecular complexity index is 614. The zero-order valence-corrected chi connectivity index (χ0v) is 14.5. The number of anilines is 1. The number of pyridine rings is 1. The minimum Gasteiger partial charge on any atom is -0.355 e. The monoisotopic (exact) mass is 312 g/mol. The largest absolute Gasteiger partial charge is 0.355 e. The van der Waals surface area contributed by atoms with Gasteiger partial charge in [-0.1, -0.05) is 19.4 Å². The lowest BCUT2D eigenvalue weighted by Crippen LogP contribution is -2.57. The molecule has 3 nitrogen and oxygen atoms in total. The highest BCUT2D eigenvalue weighted by Gasteiger charge is 2.43. The number of hydrogen-bond acceptors (Lipinski definition) is 3. The lowest BCUT2D eigenvalue weighted by Gasteiger charge is -2.51. The van der Waals surface area contributed by atoms with Gasteiger partial charge in [0.05, 0.1) is 5.56 Å². The van der Waals surface area contributed by atoms with Crippen molar-refractivity contribution < 1.29 is 4.79 Å². The summed E-state index contributed by atoms with van der Waals surface area (Å²) in [5.74, 6) is 1.07. The first-order valence-electron chi connectivity index (χ1n) is 8.98. The summed E-state index contributed by atoms with van der Waals surface area (Å²) in [6, 6.07) is 2.11. The number of allylic oxidation sites excluding steroid dienone is 1. The first kappa shape index (κ1) is 16.2. The van der Waals surface area contributed by atoms with Crippen LogP contribution in [0.2, 0.25) is 0 Å². The molecule has 3 rings (SSSR count). The Morgan fingerprint density at radius 1 is 1.39 bits per heavy atom. The molecule has 0 bridgehead atoms. The van der Waals surface area contributed by atoms with Crippen LogP contribution in [0.3, 0.4) is 0 Å². The first-order chi connectivity index (χ1) is 11.1. The van der Waals surface area contributed by atoms with E-state index in [2.05, 4.69) is 24.5 Å². The van der Waals surface area contributed by atoms with Crippen molar-refractivity contribution in [1.29, 1.82) is 0 Å². The standard InChI is InChI=1S/C20H28N2O/c1-4-6-11-20(10-5-2)13-22(14-20)19-17(15(3)23)12-16-8-7-9-18(16)21-19/h4,12H,1,5-11,13-14H2,2-3H3. The molecule has 0 radical (unpaired) electrons. The zero-order valence-electron chi connectivity index (χ0n) is 14.5. The van der Waals surface area contributed by atoms with Gasteiger partial charge in [0, 0.05) is 24.2 Å². The molecule has 0 unspecified atom stereocenters. The first-order valence-corrected chi connectivity index (χ1v) is 8.98. The van der Waals surface area contributed by atoms with Gasteiger partial charge in [-0.25, -0.2) is 4.98 Å². The number of aromatic nitrogens is 1. The van der Waals surface area contributed by atoms with E-state index < -0.39 is 0 Å². The fraction of sp³-hybridized carbons (Fsp3) is 0.600. The maximum atomic E-state index is 12.1. The van der Waals surface area contributed by atoms with E-state index in [4.69, 9.17) is 4.98 Å². The molecule has 23 heavy (non-hydrogen) atoms. The molecule has 1 aliphatic carbocycles. The number of carbonyl (C=O) groups is 1. The Morgan fingerprint density at radius 2 is 2.17 bits per heavy atom. The predicted octanol–water partition coefficient (Wildman–Crippen LogP) is 4.35. The number of Topliss-reactive ketones (excluding diaryl/α,β-unsaturated/α-hetero) is 1. The second-order valence-electron chi connectivity index (χ2n) is 7.31. The van der Waals surface area contributed by atoms with Gasteiger partial charge in [0.25, 0.3) is 0 Å². The van der Waals surface area contributed by atoms with Gasteiger partial charge in [-0.15, -0.1) is 6.58 Å². The highest BCUT2D eigenvalue weighted by atomic mass is 16.1. The number of nitrogens with zero attached hydrogens (tertiary/aromatic N) is 2. The van der Waals surface area contributed by atoms with Crippen molar-refractivity contribution in [3.05, 3.63) is 35.5 Å². The van der Waals surface area contributed by atoms with Crippen LogP contribution in [-0.2, 0) is 12.8 Å². The normalized spacial score (nSPS) is 18.4. The van der Waals surface area contributed by atoms with Gasteiger partial charge in [0.15, 0.2) is 5.78 Å². The maximum absolute atomic E-state index is 12.1. The van der Waals surface area contributed by atoms with E-state index in [1.165, 1.54) is 36.9 Å². The van der Waals surface area contributed by atoms with Crippen LogP contribution in [0.4, 0.5) is 5.82 Å². The molecule has 0 atom stereocenters. The van der Waals surface area contributed by atoms with E-state index in [0.717, 1.165) is 43.7 Å². The van der Waals surface area contributed by atoms with Gasteiger partial charge in [-0.3, -0.25) is 4.79 Å². The molecular weight excluding hydrogens is 284 g/mol. The van der Waals surface area contributed by atoms with E-state index in [1.54, 1.807) is 6.92 Å². The summed E-state index contributed by atoms with van der Waals surface area (Å²) in [5, 5.41) is 0. The molecular formula is C20H28N2O. The van der Waals surface area contributed by atoms with E-state index in [-0.39, 0.29) is 5.78 Å². The number of carbonyl (C=O) groups excluding carboxylic acids is 1. The van der Waals surface area contributed by atoms with Gasteiger partial charge in [0.2, 0.25) is 0 Å². The van der Waals surface area contributed by atoms with Crippen molar-refractivity contribution >= 4 is 11.6 Å². The summed E-state index contributed by atoms with van der Waals surface area (Å²) in [4.78, 5) is 19.3. The van der Waals surface area contributed by atoms with Gasteiger partial charge in [-0.2, -0.15) is 0 Å². The van der Waals surface area contributed by atoms with E-state index in [9.17, 15) is 4.79 Å². The van der Waals surface area contributed by atoms with E-state index >= 15 is 0 Å². The van der Waals surface area contributed by atoms with Crippen LogP contribution in [0.5, 0.6) is 0 Å². The molecule has 1 aromatic heterocycles. The van der Waals surface area contributed by atoms with Crippen LogP contribution in [0, 0.1) is 5.41 Å². The predicted molar refractivity (Wildman–Crippen MR) is 95.3 cm³/mol.